The average molecular weight is 276 g/mol. The third-order valence-electron chi connectivity index (χ3n) is 4.67. The van der Waals surface area contributed by atoms with Crippen LogP contribution in [0.3, 0.4) is 0 Å². The SMILES string of the molecule is CCN(Cc1cccc(C)n1)C1CCCC(C)(C)C1O. The van der Waals surface area contributed by atoms with Gasteiger partial charge in [-0.25, -0.2) is 0 Å². The highest BCUT2D eigenvalue weighted by atomic mass is 16.3. The zero-order valence-electron chi connectivity index (χ0n) is 13.3. The Balaban J connectivity index is 2.11. The van der Waals surface area contributed by atoms with Crippen molar-refractivity contribution in [1.82, 2.24) is 9.88 Å². The summed E-state index contributed by atoms with van der Waals surface area (Å²) in [5, 5.41) is 10.7. The van der Waals surface area contributed by atoms with E-state index in [0.717, 1.165) is 37.3 Å². The van der Waals surface area contributed by atoms with Crippen molar-refractivity contribution < 1.29 is 5.11 Å². The first-order chi connectivity index (χ1) is 9.44. The van der Waals surface area contributed by atoms with Gasteiger partial charge in [0.15, 0.2) is 0 Å². The molecular formula is C17H28N2O. The van der Waals surface area contributed by atoms with Crippen LogP contribution in [0.5, 0.6) is 0 Å². The number of nitrogens with zero attached hydrogens (tertiary/aromatic N) is 2. The van der Waals surface area contributed by atoms with Crippen LogP contribution in [0.1, 0.15) is 51.4 Å². The molecule has 1 N–H and O–H groups in total. The van der Waals surface area contributed by atoms with Crippen LogP contribution >= 0.6 is 0 Å². The standard InChI is InChI=1S/C17H28N2O/c1-5-19(12-14-9-6-8-13(2)18-14)15-10-7-11-17(3,4)16(15)20/h6,8-9,15-16,20H,5,7,10-12H2,1-4H3. The fourth-order valence-electron chi connectivity index (χ4n) is 3.33. The molecule has 0 spiro atoms. The van der Waals surface area contributed by atoms with E-state index < -0.39 is 0 Å². The maximum atomic E-state index is 10.7. The number of likely N-dealkylation sites (N-methyl/N-ethyl adjacent to an activating group) is 1. The van der Waals surface area contributed by atoms with E-state index in [4.69, 9.17) is 0 Å². The van der Waals surface area contributed by atoms with Crippen LogP contribution in [0, 0.1) is 12.3 Å². The lowest BCUT2D eigenvalue weighted by molar-refractivity contribution is -0.0587. The second-order valence-electron chi connectivity index (χ2n) is 6.73. The summed E-state index contributed by atoms with van der Waals surface area (Å²) in [6.07, 6.45) is 3.16. The summed E-state index contributed by atoms with van der Waals surface area (Å²) < 4.78 is 0. The van der Waals surface area contributed by atoms with Gasteiger partial charge in [0.05, 0.1) is 11.8 Å². The van der Waals surface area contributed by atoms with E-state index in [0.29, 0.717) is 0 Å². The van der Waals surface area contributed by atoms with Crippen molar-refractivity contribution in [2.75, 3.05) is 6.54 Å². The third-order valence-corrected chi connectivity index (χ3v) is 4.67. The Morgan fingerprint density at radius 2 is 2.15 bits per heavy atom. The molecule has 112 valence electrons. The van der Waals surface area contributed by atoms with Crippen molar-refractivity contribution in [3.63, 3.8) is 0 Å². The molecule has 2 unspecified atom stereocenters. The van der Waals surface area contributed by atoms with Gasteiger partial charge < -0.3 is 5.11 Å². The predicted octanol–water partition coefficient (Wildman–Crippen LogP) is 3.15. The number of aliphatic hydroxyl groups is 1. The highest BCUT2D eigenvalue weighted by Gasteiger charge is 2.40. The van der Waals surface area contributed by atoms with Gasteiger partial charge in [-0.15, -0.1) is 0 Å². The van der Waals surface area contributed by atoms with Crippen LogP contribution in [0.25, 0.3) is 0 Å². The zero-order valence-corrected chi connectivity index (χ0v) is 13.3. The fourth-order valence-corrected chi connectivity index (χ4v) is 3.33. The number of rotatable bonds is 4. The van der Waals surface area contributed by atoms with Gasteiger partial charge in [-0.05, 0) is 43.9 Å². The molecule has 0 bridgehead atoms. The Morgan fingerprint density at radius 3 is 2.80 bits per heavy atom. The maximum Gasteiger partial charge on any atom is 0.0746 e. The lowest BCUT2D eigenvalue weighted by Gasteiger charge is -2.45. The molecule has 1 aromatic rings. The molecule has 3 heteroatoms. The van der Waals surface area contributed by atoms with E-state index in [9.17, 15) is 5.11 Å². The summed E-state index contributed by atoms with van der Waals surface area (Å²) in [6, 6.07) is 6.42. The lowest BCUT2D eigenvalue weighted by Crippen LogP contribution is -2.52. The molecule has 20 heavy (non-hydrogen) atoms. The van der Waals surface area contributed by atoms with E-state index >= 15 is 0 Å². The van der Waals surface area contributed by atoms with Crippen molar-refractivity contribution in [3.8, 4) is 0 Å². The highest BCUT2D eigenvalue weighted by molar-refractivity contribution is 5.10. The fraction of sp³-hybridized carbons (Fsp3) is 0.706. The zero-order chi connectivity index (χ0) is 14.8. The second-order valence-corrected chi connectivity index (χ2v) is 6.73. The minimum atomic E-state index is -0.249. The molecule has 2 atom stereocenters. The van der Waals surface area contributed by atoms with Crippen LogP contribution in [-0.4, -0.2) is 33.7 Å². The molecule has 0 aromatic carbocycles. The number of aryl methyl sites for hydroxylation is 1. The molecule has 1 heterocycles. The molecule has 1 aromatic heterocycles. The molecule has 0 amide bonds. The lowest BCUT2D eigenvalue weighted by atomic mass is 9.72. The quantitative estimate of drug-likeness (QED) is 0.917. The first-order valence-corrected chi connectivity index (χ1v) is 7.78. The summed E-state index contributed by atoms with van der Waals surface area (Å²) in [5.41, 5.74) is 2.18. The molecule has 1 fully saturated rings. The maximum absolute atomic E-state index is 10.7. The van der Waals surface area contributed by atoms with Crippen molar-refractivity contribution >= 4 is 0 Å². The molecule has 0 saturated heterocycles. The average Bonchev–Trinajstić information content (AvgIpc) is 2.40. The number of pyridine rings is 1. The van der Waals surface area contributed by atoms with Gasteiger partial charge in [0.25, 0.3) is 0 Å². The van der Waals surface area contributed by atoms with E-state index in [2.05, 4.69) is 42.8 Å². The summed E-state index contributed by atoms with van der Waals surface area (Å²) in [4.78, 5) is 6.98. The predicted molar refractivity (Wildman–Crippen MR) is 82.5 cm³/mol. The van der Waals surface area contributed by atoms with Gasteiger partial charge in [0, 0.05) is 18.3 Å². The Kier molecular flexibility index (Phi) is 4.82. The summed E-state index contributed by atoms with van der Waals surface area (Å²) in [6.45, 7) is 10.3. The first kappa shape index (κ1) is 15.5. The van der Waals surface area contributed by atoms with E-state index in [1.54, 1.807) is 0 Å². The van der Waals surface area contributed by atoms with Crippen LogP contribution in [-0.2, 0) is 6.54 Å². The Morgan fingerprint density at radius 1 is 1.40 bits per heavy atom. The summed E-state index contributed by atoms with van der Waals surface area (Å²) in [5.74, 6) is 0. The highest BCUT2D eigenvalue weighted by Crippen LogP contribution is 2.38. The van der Waals surface area contributed by atoms with Gasteiger partial charge in [0.1, 0.15) is 0 Å². The van der Waals surface area contributed by atoms with E-state index in [1.807, 2.05) is 13.0 Å². The second kappa shape index (κ2) is 6.23. The third kappa shape index (κ3) is 3.39. The van der Waals surface area contributed by atoms with Gasteiger partial charge in [-0.2, -0.15) is 0 Å². The molecular weight excluding hydrogens is 248 g/mol. The number of hydrogen-bond donors (Lipinski definition) is 1. The van der Waals surface area contributed by atoms with Gasteiger partial charge >= 0.3 is 0 Å². The van der Waals surface area contributed by atoms with Crippen LogP contribution in [0.4, 0.5) is 0 Å². The van der Waals surface area contributed by atoms with Gasteiger partial charge in [0.2, 0.25) is 0 Å². The van der Waals surface area contributed by atoms with E-state index in [1.165, 1.54) is 6.42 Å². The monoisotopic (exact) mass is 276 g/mol. The van der Waals surface area contributed by atoms with Crippen molar-refractivity contribution in [2.45, 2.75) is 65.6 Å². The molecule has 1 saturated carbocycles. The molecule has 0 aliphatic heterocycles. The van der Waals surface area contributed by atoms with E-state index in [-0.39, 0.29) is 17.6 Å². The minimum Gasteiger partial charge on any atom is -0.391 e. The van der Waals surface area contributed by atoms with Crippen molar-refractivity contribution in [3.05, 3.63) is 29.6 Å². The summed E-state index contributed by atoms with van der Waals surface area (Å²) in [7, 11) is 0. The summed E-state index contributed by atoms with van der Waals surface area (Å²) >= 11 is 0. The van der Waals surface area contributed by atoms with Crippen LogP contribution in [0.15, 0.2) is 18.2 Å². The molecule has 3 nitrogen and oxygen atoms in total. The Labute approximate surface area is 123 Å². The van der Waals surface area contributed by atoms with Crippen LogP contribution in [0.2, 0.25) is 0 Å². The smallest absolute Gasteiger partial charge is 0.0746 e. The van der Waals surface area contributed by atoms with Gasteiger partial charge in [-0.1, -0.05) is 33.3 Å². The first-order valence-electron chi connectivity index (χ1n) is 7.78. The van der Waals surface area contributed by atoms with Crippen LogP contribution < -0.4 is 0 Å². The Bertz CT molecular complexity index is 444. The topological polar surface area (TPSA) is 36.4 Å². The molecule has 0 radical (unpaired) electrons. The van der Waals surface area contributed by atoms with Gasteiger partial charge in [-0.3, -0.25) is 9.88 Å². The normalized spacial score (nSPS) is 25.9. The molecule has 1 aliphatic rings. The number of aliphatic hydroxyl groups excluding tert-OH is 1. The van der Waals surface area contributed by atoms with Crippen molar-refractivity contribution in [2.24, 2.45) is 5.41 Å². The van der Waals surface area contributed by atoms with Crippen molar-refractivity contribution in [1.29, 1.82) is 0 Å². The Hall–Kier alpha value is -0.930. The molecule has 1 aliphatic carbocycles. The number of hydrogen-bond acceptors (Lipinski definition) is 3. The largest absolute Gasteiger partial charge is 0.391 e. The number of aromatic nitrogens is 1. The minimum absolute atomic E-state index is 0.0242. The molecule has 2 rings (SSSR count).